The second kappa shape index (κ2) is 7.20. The molecule has 0 aliphatic carbocycles. The Bertz CT molecular complexity index is 459. The molecular weight excluding hydrogens is 270 g/mol. The van der Waals surface area contributed by atoms with Crippen LogP contribution in [0.15, 0.2) is 35.2 Å². The molecule has 1 amide bonds. The number of hydrogen-bond donors (Lipinski definition) is 0. The van der Waals surface area contributed by atoms with Crippen molar-refractivity contribution in [2.75, 3.05) is 14.2 Å². The summed E-state index contributed by atoms with van der Waals surface area (Å²) < 4.78 is 15.9. The third-order valence-corrected chi connectivity index (χ3v) is 2.95. The zero-order chi connectivity index (χ0) is 16.0. The zero-order valence-electron chi connectivity index (χ0n) is 13.6. The number of hydrogen-bond acceptors (Lipinski definition) is 4. The van der Waals surface area contributed by atoms with Gasteiger partial charge in [-0.3, -0.25) is 0 Å². The molecule has 0 N–H and O–H groups in total. The minimum absolute atomic E-state index is 0.00798. The van der Waals surface area contributed by atoms with E-state index in [2.05, 4.69) is 0 Å². The van der Waals surface area contributed by atoms with E-state index in [9.17, 15) is 4.79 Å². The van der Waals surface area contributed by atoms with Gasteiger partial charge in [0, 0.05) is 13.0 Å². The molecule has 1 aromatic rings. The van der Waals surface area contributed by atoms with E-state index in [1.807, 2.05) is 39.8 Å². The van der Waals surface area contributed by atoms with Gasteiger partial charge in [-0.15, -0.1) is 0 Å². The Morgan fingerprint density at radius 2 is 2.10 bits per heavy atom. The van der Waals surface area contributed by atoms with E-state index < -0.39 is 5.60 Å². The fourth-order valence-electron chi connectivity index (χ4n) is 2.02. The van der Waals surface area contributed by atoms with Gasteiger partial charge in [-0.1, -0.05) is 6.92 Å². The summed E-state index contributed by atoms with van der Waals surface area (Å²) in [4.78, 5) is 13.8. The lowest BCUT2D eigenvalue weighted by atomic mass is 9.98. The van der Waals surface area contributed by atoms with Crippen LogP contribution in [0.4, 0.5) is 4.79 Å². The van der Waals surface area contributed by atoms with Crippen molar-refractivity contribution in [1.82, 2.24) is 4.90 Å². The molecule has 0 saturated heterocycles. The highest BCUT2D eigenvalue weighted by Gasteiger charge is 2.31. The van der Waals surface area contributed by atoms with E-state index in [-0.39, 0.29) is 18.1 Å². The van der Waals surface area contributed by atoms with Crippen molar-refractivity contribution in [3.8, 4) is 0 Å². The fraction of sp³-hybridized carbons (Fsp3) is 0.562. The fourth-order valence-corrected chi connectivity index (χ4v) is 2.02. The van der Waals surface area contributed by atoms with Crippen LogP contribution in [-0.4, -0.2) is 30.8 Å². The predicted octanol–water partition coefficient (Wildman–Crippen LogP) is 3.98. The lowest BCUT2D eigenvalue weighted by Gasteiger charge is -2.32. The third kappa shape index (κ3) is 5.17. The smallest absolute Gasteiger partial charge is 0.410 e. The molecule has 21 heavy (non-hydrogen) atoms. The molecule has 0 aliphatic rings. The first-order valence-electron chi connectivity index (χ1n) is 6.95. The summed E-state index contributed by atoms with van der Waals surface area (Å²) in [5, 5.41) is 0. The Morgan fingerprint density at radius 1 is 1.43 bits per heavy atom. The predicted molar refractivity (Wildman–Crippen MR) is 80.8 cm³/mol. The van der Waals surface area contributed by atoms with Gasteiger partial charge in [0.25, 0.3) is 0 Å². The summed E-state index contributed by atoms with van der Waals surface area (Å²) >= 11 is 0. The summed E-state index contributed by atoms with van der Waals surface area (Å²) in [5.74, 6) is 0.713. The van der Waals surface area contributed by atoms with E-state index in [1.165, 1.54) is 0 Å². The summed E-state index contributed by atoms with van der Waals surface area (Å²) in [5.41, 5.74) is -0.537. The number of nitrogens with zero attached hydrogens (tertiary/aromatic N) is 1. The van der Waals surface area contributed by atoms with E-state index in [1.54, 1.807) is 37.6 Å². The number of carbonyl (C=O) groups excluding carboxylic acids is 1. The SMILES string of the molecule is COC=C[C@@H](C)[C@@H](c1ccco1)N(C)C(=O)OC(C)(C)C. The van der Waals surface area contributed by atoms with Crippen molar-refractivity contribution >= 4 is 6.09 Å². The van der Waals surface area contributed by atoms with Crippen LogP contribution in [0.1, 0.15) is 39.5 Å². The van der Waals surface area contributed by atoms with Gasteiger partial charge in [-0.2, -0.15) is 0 Å². The topological polar surface area (TPSA) is 51.9 Å². The number of amides is 1. The van der Waals surface area contributed by atoms with Gasteiger partial charge in [0.2, 0.25) is 0 Å². The van der Waals surface area contributed by atoms with Crippen molar-refractivity contribution in [1.29, 1.82) is 0 Å². The monoisotopic (exact) mass is 295 g/mol. The van der Waals surface area contributed by atoms with E-state index in [0.717, 1.165) is 0 Å². The summed E-state index contributed by atoms with van der Waals surface area (Å²) in [6.45, 7) is 7.52. The van der Waals surface area contributed by atoms with Crippen LogP contribution in [-0.2, 0) is 9.47 Å². The molecular formula is C16H25NO4. The highest BCUT2D eigenvalue weighted by Crippen LogP contribution is 2.30. The van der Waals surface area contributed by atoms with E-state index in [0.29, 0.717) is 5.76 Å². The average molecular weight is 295 g/mol. The number of ether oxygens (including phenoxy) is 2. The minimum Gasteiger partial charge on any atom is -0.505 e. The quantitative estimate of drug-likeness (QED) is 0.771. The van der Waals surface area contributed by atoms with Crippen LogP contribution >= 0.6 is 0 Å². The van der Waals surface area contributed by atoms with E-state index in [4.69, 9.17) is 13.9 Å². The van der Waals surface area contributed by atoms with Crippen LogP contribution in [0, 0.1) is 5.92 Å². The maximum atomic E-state index is 12.3. The van der Waals surface area contributed by atoms with Crippen molar-refractivity contribution in [2.45, 2.75) is 39.3 Å². The lowest BCUT2D eigenvalue weighted by molar-refractivity contribution is 0.0163. The molecule has 0 aliphatic heterocycles. The first-order valence-corrected chi connectivity index (χ1v) is 6.95. The van der Waals surface area contributed by atoms with E-state index >= 15 is 0 Å². The Hall–Kier alpha value is -1.91. The highest BCUT2D eigenvalue weighted by molar-refractivity contribution is 5.68. The summed E-state index contributed by atoms with van der Waals surface area (Å²) in [6.07, 6.45) is 4.69. The third-order valence-electron chi connectivity index (χ3n) is 2.95. The van der Waals surface area contributed by atoms with Gasteiger partial charge in [0.15, 0.2) is 0 Å². The number of furan rings is 1. The molecule has 0 bridgehead atoms. The van der Waals surface area contributed by atoms with Crippen molar-refractivity contribution in [3.05, 3.63) is 36.5 Å². The van der Waals surface area contributed by atoms with Crippen LogP contribution < -0.4 is 0 Å². The Labute approximate surface area is 126 Å². The van der Waals surface area contributed by atoms with Gasteiger partial charge in [0.05, 0.1) is 25.7 Å². The Kier molecular flexibility index (Phi) is 5.88. The molecule has 118 valence electrons. The molecule has 1 aromatic heterocycles. The van der Waals surface area contributed by atoms with Crippen LogP contribution in [0.2, 0.25) is 0 Å². The van der Waals surface area contributed by atoms with Crippen LogP contribution in [0.3, 0.4) is 0 Å². The molecule has 0 aromatic carbocycles. The van der Waals surface area contributed by atoms with Crippen LogP contribution in [0.25, 0.3) is 0 Å². The average Bonchev–Trinajstić information content (AvgIpc) is 2.88. The van der Waals surface area contributed by atoms with Gasteiger partial charge >= 0.3 is 6.09 Å². The van der Waals surface area contributed by atoms with Crippen molar-refractivity contribution in [2.24, 2.45) is 5.92 Å². The number of carbonyl (C=O) groups is 1. The Balaban J connectivity index is 2.96. The van der Waals surface area contributed by atoms with Gasteiger partial charge in [-0.05, 0) is 39.0 Å². The molecule has 1 rings (SSSR count). The first kappa shape index (κ1) is 17.1. The molecule has 0 radical (unpaired) electrons. The normalized spacial score (nSPS) is 14.8. The molecule has 5 heteroatoms. The molecule has 0 fully saturated rings. The first-order chi connectivity index (χ1) is 9.76. The molecule has 5 nitrogen and oxygen atoms in total. The number of methoxy groups -OCH3 is 1. The largest absolute Gasteiger partial charge is 0.505 e. The molecule has 2 atom stereocenters. The van der Waals surface area contributed by atoms with Gasteiger partial charge < -0.3 is 18.8 Å². The Morgan fingerprint density at radius 3 is 2.57 bits per heavy atom. The molecule has 1 heterocycles. The van der Waals surface area contributed by atoms with Crippen molar-refractivity contribution < 1.29 is 18.7 Å². The van der Waals surface area contributed by atoms with Crippen LogP contribution in [0.5, 0.6) is 0 Å². The van der Waals surface area contributed by atoms with Crippen molar-refractivity contribution in [3.63, 3.8) is 0 Å². The zero-order valence-corrected chi connectivity index (χ0v) is 13.6. The standard InChI is InChI=1S/C16H25NO4/c1-12(9-11-19-6)14(13-8-7-10-20-13)17(5)15(18)21-16(2,3)4/h7-12,14H,1-6H3/t12-,14+/m1/s1. The molecule has 0 saturated carbocycles. The summed E-state index contributed by atoms with van der Waals surface area (Å²) in [7, 11) is 3.29. The summed E-state index contributed by atoms with van der Waals surface area (Å²) in [6, 6.07) is 3.39. The van der Waals surface area contributed by atoms with Gasteiger partial charge in [0.1, 0.15) is 11.4 Å². The second-order valence-electron chi connectivity index (χ2n) is 5.97. The minimum atomic E-state index is -0.537. The highest BCUT2D eigenvalue weighted by atomic mass is 16.6. The van der Waals surface area contributed by atoms with Gasteiger partial charge in [-0.25, -0.2) is 4.79 Å². The number of rotatable bonds is 5. The maximum absolute atomic E-state index is 12.3. The molecule has 0 spiro atoms. The lowest BCUT2D eigenvalue weighted by Crippen LogP contribution is -2.38. The second-order valence-corrected chi connectivity index (χ2v) is 5.97. The maximum Gasteiger partial charge on any atom is 0.410 e. The molecule has 0 unspecified atom stereocenters.